The highest BCUT2D eigenvalue weighted by Gasteiger charge is 2.18. The van der Waals surface area contributed by atoms with Gasteiger partial charge in [0.05, 0.1) is 6.61 Å². The summed E-state index contributed by atoms with van der Waals surface area (Å²) in [6, 6.07) is 8.28. The minimum Gasteiger partial charge on any atom is -0.394 e. The molecule has 0 aromatic heterocycles. The van der Waals surface area contributed by atoms with Crippen LogP contribution < -0.4 is 0 Å². The van der Waals surface area contributed by atoms with Crippen LogP contribution in [-0.2, 0) is 0 Å². The molecule has 0 radical (unpaired) electrons. The van der Waals surface area contributed by atoms with Crippen LogP contribution in [0.1, 0.15) is 11.7 Å². The van der Waals surface area contributed by atoms with Crippen molar-refractivity contribution in [3.63, 3.8) is 0 Å². The van der Waals surface area contributed by atoms with Gasteiger partial charge in [-0.3, -0.25) is 0 Å². The predicted molar refractivity (Wildman–Crippen MR) is 43.4 cm³/mol. The third kappa shape index (κ3) is 2.03. The summed E-state index contributed by atoms with van der Waals surface area (Å²) in [7, 11) is 0. The average molecular weight is 170 g/mol. The lowest BCUT2D eigenvalue weighted by atomic mass is 10.1. The highest BCUT2D eigenvalue weighted by atomic mass is 19.1. The van der Waals surface area contributed by atoms with E-state index in [4.69, 9.17) is 10.2 Å². The lowest BCUT2D eigenvalue weighted by Gasteiger charge is -2.12. The van der Waals surface area contributed by atoms with Gasteiger partial charge in [0.25, 0.3) is 0 Å². The molecule has 0 aliphatic heterocycles. The van der Waals surface area contributed by atoms with Crippen molar-refractivity contribution in [1.29, 1.82) is 0 Å². The second kappa shape index (κ2) is 4.18. The highest BCUT2D eigenvalue weighted by molar-refractivity contribution is 5.18. The van der Waals surface area contributed by atoms with Crippen molar-refractivity contribution in [1.82, 2.24) is 0 Å². The smallest absolute Gasteiger partial charge is 0.153 e. The van der Waals surface area contributed by atoms with Gasteiger partial charge < -0.3 is 10.2 Å². The number of alkyl halides is 1. The van der Waals surface area contributed by atoms with E-state index in [1.165, 1.54) is 0 Å². The summed E-state index contributed by atoms with van der Waals surface area (Å²) in [4.78, 5) is 0. The summed E-state index contributed by atoms with van der Waals surface area (Å²) in [6.07, 6.45) is -2.83. The molecule has 1 rings (SSSR count). The normalized spacial score (nSPS) is 15.6. The van der Waals surface area contributed by atoms with E-state index in [0.29, 0.717) is 5.56 Å². The highest BCUT2D eigenvalue weighted by Crippen LogP contribution is 2.20. The molecule has 2 atom stereocenters. The average Bonchev–Trinajstić information content (AvgIpc) is 2.17. The molecule has 0 spiro atoms. The van der Waals surface area contributed by atoms with Gasteiger partial charge in [-0.2, -0.15) is 0 Å². The number of benzene rings is 1. The van der Waals surface area contributed by atoms with Crippen LogP contribution in [0.2, 0.25) is 0 Å². The molecule has 0 amide bonds. The fourth-order valence-electron chi connectivity index (χ4n) is 0.952. The molecule has 0 saturated heterocycles. The summed E-state index contributed by atoms with van der Waals surface area (Å²) in [6.45, 7) is -0.559. The minimum absolute atomic E-state index is 0.388. The molecule has 0 bridgehead atoms. The van der Waals surface area contributed by atoms with Gasteiger partial charge in [0.2, 0.25) is 0 Å². The molecular weight excluding hydrogens is 159 g/mol. The lowest BCUT2D eigenvalue weighted by molar-refractivity contribution is 0.0279. The molecule has 3 heteroatoms. The Morgan fingerprint density at radius 1 is 1.25 bits per heavy atom. The maximum Gasteiger partial charge on any atom is 0.153 e. The first-order valence-corrected chi connectivity index (χ1v) is 3.73. The maximum atomic E-state index is 13.1. The van der Waals surface area contributed by atoms with Crippen molar-refractivity contribution < 1.29 is 14.6 Å². The number of aliphatic hydroxyl groups excluding tert-OH is 2. The van der Waals surface area contributed by atoms with Crippen molar-refractivity contribution in [3.8, 4) is 0 Å². The van der Waals surface area contributed by atoms with Crippen LogP contribution in [0.5, 0.6) is 0 Å². The SMILES string of the molecule is OCC(O)C(F)c1ccccc1. The van der Waals surface area contributed by atoms with Crippen molar-refractivity contribution in [3.05, 3.63) is 35.9 Å². The quantitative estimate of drug-likeness (QED) is 0.711. The molecule has 0 fully saturated rings. The summed E-state index contributed by atoms with van der Waals surface area (Å²) in [5.41, 5.74) is 0.388. The number of hydrogen-bond acceptors (Lipinski definition) is 2. The molecule has 2 N–H and O–H groups in total. The van der Waals surface area contributed by atoms with Gasteiger partial charge in [-0.15, -0.1) is 0 Å². The topological polar surface area (TPSA) is 40.5 Å². The number of halogens is 1. The van der Waals surface area contributed by atoms with Gasteiger partial charge in [-0.05, 0) is 5.56 Å². The summed E-state index contributed by atoms with van der Waals surface area (Å²) in [5, 5.41) is 17.4. The molecule has 2 unspecified atom stereocenters. The Balaban J connectivity index is 2.71. The Bertz CT molecular complexity index is 225. The molecule has 1 aromatic carbocycles. The second-order valence-corrected chi connectivity index (χ2v) is 2.56. The fraction of sp³-hybridized carbons (Fsp3) is 0.333. The zero-order valence-corrected chi connectivity index (χ0v) is 6.52. The van der Waals surface area contributed by atoms with Crippen LogP contribution in [0.25, 0.3) is 0 Å². The zero-order valence-electron chi connectivity index (χ0n) is 6.52. The van der Waals surface area contributed by atoms with Crippen LogP contribution in [0.15, 0.2) is 30.3 Å². The van der Waals surface area contributed by atoms with Gasteiger partial charge in [-0.25, -0.2) is 4.39 Å². The molecule has 0 saturated carbocycles. The summed E-state index contributed by atoms with van der Waals surface area (Å²) >= 11 is 0. The summed E-state index contributed by atoms with van der Waals surface area (Å²) in [5.74, 6) is 0. The fourth-order valence-corrected chi connectivity index (χ4v) is 0.952. The van der Waals surface area contributed by atoms with Gasteiger partial charge in [-0.1, -0.05) is 30.3 Å². The first-order valence-electron chi connectivity index (χ1n) is 3.73. The molecule has 0 heterocycles. The van der Waals surface area contributed by atoms with E-state index >= 15 is 0 Å². The van der Waals surface area contributed by atoms with Gasteiger partial charge in [0.1, 0.15) is 6.10 Å². The van der Waals surface area contributed by atoms with E-state index in [2.05, 4.69) is 0 Å². The van der Waals surface area contributed by atoms with Crippen molar-refractivity contribution in [2.75, 3.05) is 6.61 Å². The first-order chi connectivity index (χ1) is 5.75. The van der Waals surface area contributed by atoms with Crippen molar-refractivity contribution >= 4 is 0 Å². The van der Waals surface area contributed by atoms with Gasteiger partial charge in [0.15, 0.2) is 6.17 Å². The first kappa shape index (κ1) is 9.16. The lowest BCUT2D eigenvalue weighted by Crippen LogP contribution is -2.18. The third-order valence-corrected chi connectivity index (χ3v) is 1.64. The Morgan fingerprint density at radius 2 is 1.83 bits per heavy atom. The number of hydrogen-bond donors (Lipinski definition) is 2. The Hall–Kier alpha value is -0.930. The van der Waals surface area contributed by atoms with Crippen molar-refractivity contribution in [2.24, 2.45) is 0 Å². The van der Waals surface area contributed by atoms with E-state index in [1.54, 1.807) is 30.3 Å². The molecule has 2 nitrogen and oxygen atoms in total. The maximum absolute atomic E-state index is 13.1. The van der Waals surface area contributed by atoms with Gasteiger partial charge in [0, 0.05) is 0 Å². The number of aliphatic hydroxyl groups is 2. The van der Waals surface area contributed by atoms with E-state index in [1.807, 2.05) is 0 Å². The third-order valence-electron chi connectivity index (χ3n) is 1.64. The van der Waals surface area contributed by atoms with Crippen LogP contribution in [-0.4, -0.2) is 22.9 Å². The molecule has 12 heavy (non-hydrogen) atoms. The van der Waals surface area contributed by atoms with Crippen LogP contribution in [0, 0.1) is 0 Å². The minimum atomic E-state index is -1.50. The predicted octanol–water partition coefficient (Wildman–Crippen LogP) is 1.05. The van der Waals surface area contributed by atoms with E-state index in [-0.39, 0.29) is 0 Å². The molecule has 0 aliphatic carbocycles. The largest absolute Gasteiger partial charge is 0.394 e. The second-order valence-electron chi connectivity index (χ2n) is 2.56. The molecule has 1 aromatic rings. The Kier molecular flexibility index (Phi) is 3.19. The summed E-state index contributed by atoms with van der Waals surface area (Å²) < 4.78 is 13.1. The van der Waals surface area contributed by atoms with Crippen LogP contribution in [0.4, 0.5) is 4.39 Å². The monoisotopic (exact) mass is 170 g/mol. The standard InChI is InChI=1S/C9H11FO2/c10-9(8(12)6-11)7-4-2-1-3-5-7/h1-5,8-9,11-12H,6H2. The van der Waals surface area contributed by atoms with E-state index < -0.39 is 18.9 Å². The van der Waals surface area contributed by atoms with E-state index in [9.17, 15) is 4.39 Å². The molecule has 66 valence electrons. The van der Waals surface area contributed by atoms with Gasteiger partial charge >= 0.3 is 0 Å². The van der Waals surface area contributed by atoms with Crippen molar-refractivity contribution in [2.45, 2.75) is 12.3 Å². The molecule has 0 aliphatic rings. The number of rotatable bonds is 3. The van der Waals surface area contributed by atoms with Crippen LogP contribution >= 0.6 is 0 Å². The molecular formula is C9H11FO2. The Labute approximate surface area is 70.3 Å². The van der Waals surface area contributed by atoms with Crippen LogP contribution in [0.3, 0.4) is 0 Å². The van der Waals surface area contributed by atoms with E-state index in [0.717, 1.165) is 0 Å². The Morgan fingerprint density at radius 3 is 2.33 bits per heavy atom. The zero-order chi connectivity index (χ0) is 8.97.